The highest BCUT2D eigenvalue weighted by Crippen LogP contribution is 2.28. The molecule has 3 aromatic rings. The van der Waals surface area contributed by atoms with E-state index in [2.05, 4.69) is 55.9 Å². The van der Waals surface area contributed by atoms with Gasteiger partial charge in [-0.15, -0.1) is 10.2 Å². The number of hydrogen-bond acceptors (Lipinski definition) is 5. The van der Waals surface area contributed by atoms with Crippen LogP contribution in [0.1, 0.15) is 45.6 Å². The average Bonchev–Trinajstić information content (AvgIpc) is 3.25. The lowest BCUT2D eigenvalue weighted by atomic mass is 9.98. The standard InChI is InChI=1S/C24H28BrN5O2S/c1-5-15(4)20(27-23(32)26-19-11-9-16(10-12-19)14(2)3)21(31)28-24-30-29-22(33-24)17-7-6-8-18(25)13-17/h6-15,20H,5H2,1-4H3,(H2,26,27,32)(H,28,30,31)/t15-,20+/m1/s1. The van der Waals surface area contributed by atoms with Crippen molar-refractivity contribution in [2.24, 2.45) is 5.92 Å². The highest BCUT2D eigenvalue weighted by molar-refractivity contribution is 9.10. The predicted molar refractivity (Wildman–Crippen MR) is 138 cm³/mol. The van der Waals surface area contributed by atoms with Crippen LogP contribution in [0.5, 0.6) is 0 Å². The molecule has 3 N–H and O–H groups in total. The molecule has 0 aliphatic carbocycles. The second kappa shape index (κ2) is 11.4. The molecule has 3 rings (SSSR count). The van der Waals surface area contributed by atoms with Gasteiger partial charge in [0.1, 0.15) is 11.0 Å². The van der Waals surface area contributed by atoms with Gasteiger partial charge in [0, 0.05) is 15.7 Å². The van der Waals surface area contributed by atoms with Gasteiger partial charge in [0.05, 0.1) is 0 Å². The van der Waals surface area contributed by atoms with E-state index in [9.17, 15) is 9.59 Å². The molecule has 0 radical (unpaired) electrons. The van der Waals surface area contributed by atoms with Crippen LogP contribution >= 0.6 is 27.3 Å². The van der Waals surface area contributed by atoms with Crippen molar-refractivity contribution in [1.29, 1.82) is 0 Å². The lowest BCUT2D eigenvalue weighted by Crippen LogP contribution is -2.49. The molecule has 1 aromatic heterocycles. The molecule has 2 atom stereocenters. The Kier molecular flexibility index (Phi) is 8.57. The number of rotatable bonds is 8. The molecule has 33 heavy (non-hydrogen) atoms. The van der Waals surface area contributed by atoms with E-state index in [0.29, 0.717) is 21.7 Å². The van der Waals surface area contributed by atoms with E-state index in [0.717, 1.165) is 16.5 Å². The molecule has 3 amide bonds. The van der Waals surface area contributed by atoms with E-state index >= 15 is 0 Å². The number of halogens is 1. The summed E-state index contributed by atoms with van der Waals surface area (Å²) in [5.74, 6) is 0.0128. The Morgan fingerprint density at radius 2 is 1.76 bits per heavy atom. The Balaban J connectivity index is 1.65. The van der Waals surface area contributed by atoms with Crippen LogP contribution < -0.4 is 16.0 Å². The summed E-state index contributed by atoms with van der Waals surface area (Å²) in [4.78, 5) is 25.6. The molecular formula is C24H28BrN5O2S. The molecule has 0 saturated heterocycles. The monoisotopic (exact) mass is 529 g/mol. The SMILES string of the molecule is CC[C@@H](C)[C@H](NC(=O)Nc1ccc(C(C)C)cc1)C(=O)Nc1nnc(-c2cccc(Br)c2)s1. The van der Waals surface area contributed by atoms with Gasteiger partial charge < -0.3 is 10.6 Å². The summed E-state index contributed by atoms with van der Waals surface area (Å²) in [6, 6.07) is 14.2. The quantitative estimate of drug-likeness (QED) is 0.320. The number of nitrogens with zero attached hydrogens (tertiary/aromatic N) is 2. The fourth-order valence-electron chi connectivity index (χ4n) is 3.16. The number of nitrogens with one attached hydrogen (secondary N) is 3. The summed E-state index contributed by atoms with van der Waals surface area (Å²) in [6.45, 7) is 8.13. The van der Waals surface area contributed by atoms with E-state index < -0.39 is 12.1 Å². The highest BCUT2D eigenvalue weighted by atomic mass is 79.9. The number of aromatic nitrogens is 2. The zero-order chi connectivity index (χ0) is 24.0. The minimum absolute atomic E-state index is 0.0727. The van der Waals surface area contributed by atoms with Crippen LogP contribution in [0.2, 0.25) is 0 Å². The average molecular weight is 530 g/mol. The van der Waals surface area contributed by atoms with Crippen LogP contribution in [0, 0.1) is 5.92 Å². The maximum absolute atomic E-state index is 13.0. The van der Waals surface area contributed by atoms with Gasteiger partial charge in [0.25, 0.3) is 0 Å². The second-order valence-corrected chi connectivity index (χ2v) is 10.0. The summed E-state index contributed by atoms with van der Waals surface area (Å²) in [6.07, 6.45) is 0.723. The Morgan fingerprint density at radius 3 is 2.39 bits per heavy atom. The van der Waals surface area contributed by atoms with Crippen molar-refractivity contribution in [2.75, 3.05) is 10.6 Å². The highest BCUT2D eigenvalue weighted by Gasteiger charge is 2.27. The van der Waals surface area contributed by atoms with Crippen LogP contribution in [-0.4, -0.2) is 28.2 Å². The fraction of sp³-hybridized carbons (Fsp3) is 0.333. The van der Waals surface area contributed by atoms with E-state index in [4.69, 9.17) is 0 Å². The van der Waals surface area contributed by atoms with Crippen molar-refractivity contribution in [3.63, 3.8) is 0 Å². The van der Waals surface area contributed by atoms with E-state index in [1.165, 1.54) is 16.9 Å². The van der Waals surface area contributed by atoms with Gasteiger partial charge in [-0.1, -0.05) is 85.6 Å². The Bertz CT molecular complexity index is 1100. The summed E-state index contributed by atoms with van der Waals surface area (Å²) in [5, 5.41) is 17.8. The van der Waals surface area contributed by atoms with Crippen molar-refractivity contribution in [2.45, 2.75) is 46.1 Å². The van der Waals surface area contributed by atoms with Crippen molar-refractivity contribution < 1.29 is 9.59 Å². The first kappa shape index (κ1) is 24.9. The smallest absolute Gasteiger partial charge is 0.319 e. The molecule has 0 unspecified atom stereocenters. The third-order valence-corrected chi connectivity index (χ3v) is 6.72. The third kappa shape index (κ3) is 6.85. The number of urea groups is 1. The summed E-state index contributed by atoms with van der Waals surface area (Å²) >= 11 is 4.73. The number of anilines is 2. The van der Waals surface area contributed by atoms with Gasteiger partial charge in [0.2, 0.25) is 11.0 Å². The molecule has 7 nitrogen and oxygen atoms in total. The van der Waals surface area contributed by atoms with Gasteiger partial charge in [-0.3, -0.25) is 10.1 Å². The minimum atomic E-state index is -0.719. The van der Waals surface area contributed by atoms with Crippen molar-refractivity contribution in [3.8, 4) is 10.6 Å². The van der Waals surface area contributed by atoms with E-state index in [-0.39, 0.29) is 11.8 Å². The Morgan fingerprint density at radius 1 is 1.03 bits per heavy atom. The molecule has 0 aliphatic heterocycles. The fourth-order valence-corrected chi connectivity index (χ4v) is 4.30. The number of hydrogen-bond donors (Lipinski definition) is 3. The van der Waals surface area contributed by atoms with Crippen LogP contribution in [0.4, 0.5) is 15.6 Å². The molecule has 9 heteroatoms. The largest absolute Gasteiger partial charge is 0.326 e. The Labute approximate surface area is 206 Å². The maximum Gasteiger partial charge on any atom is 0.319 e. The van der Waals surface area contributed by atoms with Gasteiger partial charge in [0.15, 0.2) is 0 Å². The van der Waals surface area contributed by atoms with E-state index in [1.807, 2.05) is 62.4 Å². The second-order valence-electron chi connectivity index (χ2n) is 8.15. The molecule has 0 saturated carbocycles. The van der Waals surface area contributed by atoms with Crippen molar-refractivity contribution in [3.05, 3.63) is 58.6 Å². The van der Waals surface area contributed by atoms with Crippen LogP contribution in [0.25, 0.3) is 10.6 Å². The van der Waals surface area contributed by atoms with Crippen LogP contribution in [0.3, 0.4) is 0 Å². The summed E-state index contributed by atoms with van der Waals surface area (Å²) in [7, 11) is 0. The van der Waals surface area contributed by atoms with Crippen molar-refractivity contribution >= 4 is 50.0 Å². The molecule has 0 spiro atoms. The van der Waals surface area contributed by atoms with Crippen molar-refractivity contribution in [1.82, 2.24) is 15.5 Å². The topological polar surface area (TPSA) is 96.0 Å². The normalized spacial score (nSPS) is 12.8. The predicted octanol–water partition coefficient (Wildman–Crippen LogP) is 6.27. The van der Waals surface area contributed by atoms with Crippen LogP contribution in [-0.2, 0) is 4.79 Å². The Hall–Kier alpha value is -2.78. The maximum atomic E-state index is 13.0. The molecule has 174 valence electrons. The molecule has 0 bridgehead atoms. The minimum Gasteiger partial charge on any atom is -0.326 e. The molecule has 0 fully saturated rings. The van der Waals surface area contributed by atoms with Crippen LogP contribution in [0.15, 0.2) is 53.0 Å². The first-order chi connectivity index (χ1) is 15.8. The number of carbonyl (C=O) groups is 2. The summed E-state index contributed by atoms with van der Waals surface area (Å²) < 4.78 is 0.937. The number of amides is 3. The van der Waals surface area contributed by atoms with Gasteiger partial charge in [-0.2, -0.15) is 0 Å². The lowest BCUT2D eigenvalue weighted by molar-refractivity contribution is -0.119. The first-order valence-corrected chi connectivity index (χ1v) is 12.5. The number of benzene rings is 2. The molecule has 2 aromatic carbocycles. The number of carbonyl (C=O) groups excluding carboxylic acids is 2. The van der Waals surface area contributed by atoms with Gasteiger partial charge in [-0.05, 0) is 41.7 Å². The zero-order valence-electron chi connectivity index (χ0n) is 19.1. The molecular weight excluding hydrogens is 502 g/mol. The van der Waals surface area contributed by atoms with Gasteiger partial charge in [-0.25, -0.2) is 4.79 Å². The van der Waals surface area contributed by atoms with Gasteiger partial charge >= 0.3 is 6.03 Å². The zero-order valence-corrected chi connectivity index (χ0v) is 21.5. The molecule has 1 heterocycles. The first-order valence-electron chi connectivity index (χ1n) is 10.8. The third-order valence-electron chi connectivity index (χ3n) is 5.34. The molecule has 0 aliphatic rings. The summed E-state index contributed by atoms with van der Waals surface area (Å²) in [5.41, 5.74) is 2.77. The van der Waals surface area contributed by atoms with E-state index in [1.54, 1.807) is 0 Å². The lowest BCUT2D eigenvalue weighted by Gasteiger charge is -2.23.